The molecule has 2 fully saturated rings. The number of amides is 4. The summed E-state index contributed by atoms with van der Waals surface area (Å²) in [6.07, 6.45) is 8.42. The number of aromatic amines is 1. The lowest BCUT2D eigenvalue weighted by Crippen LogP contribution is -2.52. The van der Waals surface area contributed by atoms with E-state index in [0.29, 0.717) is 59.5 Å². The number of carbonyl (C=O) groups is 4. The number of rotatable bonds is 18. The monoisotopic (exact) mass is 1140 g/mol. The van der Waals surface area contributed by atoms with Gasteiger partial charge in [0.25, 0.3) is 27.5 Å². The summed E-state index contributed by atoms with van der Waals surface area (Å²) in [5, 5.41) is 30.8. The topological polar surface area (TPSA) is 272 Å². The number of hydrogen-bond acceptors (Lipinski definition) is 16. The molecule has 0 spiro atoms. The van der Waals surface area contributed by atoms with E-state index >= 15 is 0 Å². The lowest BCUT2D eigenvalue weighted by molar-refractivity contribution is -0.384. The van der Waals surface area contributed by atoms with Crippen LogP contribution in [0.1, 0.15) is 83.5 Å². The van der Waals surface area contributed by atoms with Crippen LogP contribution in [0.5, 0.6) is 11.5 Å². The first kappa shape index (κ1) is 54.3. The number of nitrogens with one attached hydrogen (secondary N) is 5. The van der Waals surface area contributed by atoms with Gasteiger partial charge in [-0.3, -0.25) is 44.2 Å². The minimum absolute atomic E-state index is 0.00163. The van der Waals surface area contributed by atoms with Gasteiger partial charge in [0.2, 0.25) is 11.8 Å². The number of allylic oxidation sites excluding steroid dienone is 1. The fourth-order valence-electron chi connectivity index (χ4n) is 11.0. The molecule has 1 atom stereocenters. The second-order valence-corrected chi connectivity index (χ2v) is 23.5. The maximum absolute atomic E-state index is 14.1. The standard InChI is InChI=1S/C57H58ClN13O9S/c1-57(2)18-16-37(45(29-57)35-6-8-38(58)9-7-35)32-67-22-24-68(25-23-67)40-10-12-44(51(27-40)80-41-26-36-17-19-60-53(36)62-31-41)54(73)65-81(78,79)42-11-13-48(50(28-42)71(76)77)61-30-39-33-69(66-64-39)21-20-59-47-5-3-4-43-46(47)34-70(56(43)75)49-14-15-52(72)63-55(49)74/h3-13,17,19,26-28,31,33,49,59,61H,14-16,18,20-25,29-30,32,34H2,1-2H3,(H,60,62)(H,65,73)(H,63,72,74). The molecule has 1 unspecified atom stereocenters. The van der Waals surface area contributed by atoms with Gasteiger partial charge in [-0.1, -0.05) is 54.4 Å². The average Bonchev–Trinajstić information content (AvgIpc) is 4.23. The van der Waals surface area contributed by atoms with E-state index in [0.717, 1.165) is 67.7 Å². The van der Waals surface area contributed by atoms with E-state index < -0.39 is 43.4 Å². The molecular weight excluding hydrogens is 1080 g/mol. The van der Waals surface area contributed by atoms with Crippen molar-refractivity contribution in [2.45, 2.75) is 76.5 Å². The van der Waals surface area contributed by atoms with Crippen LogP contribution < -0.4 is 30.3 Å². The molecule has 0 saturated carbocycles. The third-order valence-corrected chi connectivity index (χ3v) is 16.9. The van der Waals surface area contributed by atoms with Crippen molar-refractivity contribution in [2.24, 2.45) is 5.41 Å². The van der Waals surface area contributed by atoms with Crippen LogP contribution in [-0.4, -0.2) is 117 Å². The molecule has 0 bridgehead atoms. The van der Waals surface area contributed by atoms with Crippen molar-refractivity contribution in [3.63, 3.8) is 0 Å². The Morgan fingerprint density at radius 2 is 1.77 bits per heavy atom. The number of benzene rings is 4. The predicted molar refractivity (Wildman–Crippen MR) is 303 cm³/mol. The van der Waals surface area contributed by atoms with Crippen LogP contribution in [0.25, 0.3) is 16.6 Å². The zero-order valence-corrected chi connectivity index (χ0v) is 46.0. The molecule has 3 aliphatic heterocycles. The van der Waals surface area contributed by atoms with Gasteiger partial charge in [0, 0.05) is 103 Å². The van der Waals surface area contributed by atoms with E-state index in [1.54, 1.807) is 47.4 Å². The van der Waals surface area contributed by atoms with Gasteiger partial charge in [0.15, 0.2) is 0 Å². The number of piperazine rings is 1. The largest absolute Gasteiger partial charge is 0.455 e. The van der Waals surface area contributed by atoms with Crippen LogP contribution in [0.15, 0.2) is 120 Å². The number of H-pyrrole nitrogens is 1. The highest BCUT2D eigenvalue weighted by molar-refractivity contribution is 7.90. The second kappa shape index (κ2) is 22.5. The Labute approximate surface area is 471 Å². The first-order valence-corrected chi connectivity index (χ1v) is 28.5. The highest BCUT2D eigenvalue weighted by Crippen LogP contribution is 2.44. The van der Waals surface area contributed by atoms with Crippen molar-refractivity contribution < 1.29 is 37.3 Å². The van der Waals surface area contributed by atoms with Crippen molar-refractivity contribution >= 4 is 84.6 Å². The normalized spacial score (nSPS) is 17.5. The molecule has 1 aliphatic carbocycles. The second-order valence-electron chi connectivity index (χ2n) is 21.4. The summed E-state index contributed by atoms with van der Waals surface area (Å²) < 4.78 is 37.9. The molecule has 4 amide bonds. The van der Waals surface area contributed by atoms with E-state index in [-0.39, 0.29) is 60.2 Å². The zero-order chi connectivity index (χ0) is 56.6. The number of aromatic nitrogens is 5. The average molecular weight is 1140 g/mol. The Morgan fingerprint density at radius 1 is 0.951 bits per heavy atom. The maximum Gasteiger partial charge on any atom is 0.293 e. The smallest absolute Gasteiger partial charge is 0.293 e. The number of imide groups is 1. The van der Waals surface area contributed by atoms with Gasteiger partial charge in [0.05, 0.1) is 40.9 Å². The quantitative estimate of drug-likeness (QED) is 0.0310. The van der Waals surface area contributed by atoms with Crippen LogP contribution in [-0.2, 0) is 39.2 Å². The molecule has 418 valence electrons. The Bertz CT molecular complexity index is 3780. The third kappa shape index (κ3) is 12.0. The lowest BCUT2D eigenvalue weighted by Gasteiger charge is -2.39. The number of ether oxygens (including phenoxy) is 1. The van der Waals surface area contributed by atoms with E-state index in [9.17, 15) is 37.7 Å². The zero-order valence-electron chi connectivity index (χ0n) is 44.4. The van der Waals surface area contributed by atoms with Crippen molar-refractivity contribution in [3.05, 3.63) is 158 Å². The molecule has 24 heteroatoms. The number of anilines is 3. The van der Waals surface area contributed by atoms with Gasteiger partial charge < -0.3 is 30.2 Å². The van der Waals surface area contributed by atoms with Crippen LogP contribution in [0.3, 0.4) is 0 Å². The lowest BCUT2D eigenvalue weighted by atomic mass is 9.72. The third-order valence-electron chi connectivity index (χ3n) is 15.3. The number of carbonyl (C=O) groups excluding carboxylic acids is 4. The molecule has 4 aliphatic rings. The molecule has 3 aromatic heterocycles. The number of piperidine rings is 1. The SMILES string of the molecule is CC1(C)CCC(CN2CCN(c3ccc(C(=O)NS(=O)(=O)c4ccc(NCc5cn(CCNc6cccc7c6CN(C6CCC(=O)NC6=O)C7=O)nn5)c([N+](=O)[O-])c4)c(Oc4cnc5[nH]ccc5c4)c3)CC2)=C(c2ccc(Cl)cc2)C1. The summed E-state index contributed by atoms with van der Waals surface area (Å²) in [6.45, 7) is 9.37. The summed E-state index contributed by atoms with van der Waals surface area (Å²) in [6, 6.07) is 24.5. The molecule has 4 aromatic carbocycles. The van der Waals surface area contributed by atoms with Crippen molar-refractivity contribution in [1.29, 1.82) is 0 Å². The number of nitro groups is 1. The summed E-state index contributed by atoms with van der Waals surface area (Å²) >= 11 is 6.26. The minimum Gasteiger partial charge on any atom is -0.455 e. The first-order valence-electron chi connectivity index (χ1n) is 26.6. The van der Waals surface area contributed by atoms with E-state index in [1.165, 1.54) is 39.9 Å². The van der Waals surface area contributed by atoms with Crippen LogP contribution in [0.2, 0.25) is 5.02 Å². The van der Waals surface area contributed by atoms with E-state index in [1.807, 2.05) is 24.3 Å². The fraction of sp³-hybridized carbons (Fsp3) is 0.316. The number of nitro benzene ring substituents is 1. The molecule has 11 rings (SSSR count). The van der Waals surface area contributed by atoms with E-state index in [4.69, 9.17) is 16.3 Å². The van der Waals surface area contributed by atoms with Crippen molar-refractivity contribution in [2.75, 3.05) is 54.8 Å². The van der Waals surface area contributed by atoms with Gasteiger partial charge in [-0.2, -0.15) is 0 Å². The molecule has 0 radical (unpaired) electrons. The predicted octanol–water partition coefficient (Wildman–Crippen LogP) is 7.90. The van der Waals surface area contributed by atoms with Gasteiger partial charge in [0.1, 0.15) is 34.6 Å². The number of nitrogens with zero attached hydrogens (tertiary/aromatic N) is 8. The highest BCUT2D eigenvalue weighted by Gasteiger charge is 2.40. The molecule has 7 aromatic rings. The molecular formula is C57H58ClN13O9S. The van der Waals surface area contributed by atoms with Gasteiger partial charge in [-0.25, -0.2) is 18.1 Å². The van der Waals surface area contributed by atoms with Gasteiger partial charge in [-0.15, -0.1) is 5.10 Å². The van der Waals surface area contributed by atoms with Crippen molar-refractivity contribution in [3.8, 4) is 11.5 Å². The van der Waals surface area contributed by atoms with Gasteiger partial charge >= 0.3 is 0 Å². The Balaban J connectivity index is 0.735. The molecule has 6 heterocycles. The summed E-state index contributed by atoms with van der Waals surface area (Å²) in [7, 11) is -4.69. The first-order chi connectivity index (χ1) is 38.9. The van der Waals surface area contributed by atoms with Gasteiger partial charge in [-0.05, 0) is 103 Å². The summed E-state index contributed by atoms with van der Waals surface area (Å²) in [5.41, 5.74) is 7.34. The van der Waals surface area contributed by atoms with Crippen LogP contribution in [0, 0.1) is 15.5 Å². The van der Waals surface area contributed by atoms with Crippen LogP contribution in [0.4, 0.5) is 22.7 Å². The number of halogens is 1. The number of fused-ring (bicyclic) bond motifs is 2. The Kier molecular flexibility index (Phi) is 15.1. The number of hydrogen-bond donors (Lipinski definition) is 5. The molecule has 22 nitrogen and oxygen atoms in total. The maximum atomic E-state index is 14.1. The minimum atomic E-state index is -4.69. The fourth-order valence-corrected chi connectivity index (χ4v) is 12.1. The highest BCUT2D eigenvalue weighted by atomic mass is 35.5. The van der Waals surface area contributed by atoms with E-state index in [2.05, 4.69) is 76.7 Å². The molecule has 2 saturated heterocycles. The number of pyridine rings is 1. The molecule has 81 heavy (non-hydrogen) atoms. The number of sulfonamides is 1. The Hall–Kier alpha value is -8.67. The van der Waals surface area contributed by atoms with Crippen molar-refractivity contribution in [1.82, 2.24) is 44.8 Å². The summed E-state index contributed by atoms with van der Waals surface area (Å²) in [5.74, 6) is -1.75. The van der Waals surface area contributed by atoms with Crippen LogP contribution >= 0.6 is 11.6 Å². The Morgan fingerprint density at radius 3 is 2.56 bits per heavy atom. The molecule has 5 N–H and O–H groups in total. The summed E-state index contributed by atoms with van der Waals surface area (Å²) in [4.78, 5) is 76.4.